The molecule has 3 heteroatoms. The zero-order chi connectivity index (χ0) is 14.4. The van der Waals surface area contributed by atoms with Crippen LogP contribution in [0.3, 0.4) is 0 Å². The summed E-state index contributed by atoms with van der Waals surface area (Å²) in [4.78, 5) is 2.49. The van der Waals surface area contributed by atoms with Crippen molar-refractivity contribution in [2.24, 2.45) is 0 Å². The summed E-state index contributed by atoms with van der Waals surface area (Å²) in [6, 6.07) is 10.3. The molecule has 0 bridgehead atoms. The summed E-state index contributed by atoms with van der Waals surface area (Å²) in [5.74, 6) is 0. The van der Waals surface area contributed by atoms with E-state index in [4.69, 9.17) is 4.74 Å². The summed E-state index contributed by atoms with van der Waals surface area (Å²) in [5, 5.41) is 3.53. The van der Waals surface area contributed by atoms with Gasteiger partial charge in [-0.1, -0.05) is 26.0 Å². The van der Waals surface area contributed by atoms with Crippen molar-refractivity contribution in [1.82, 2.24) is 5.32 Å². The van der Waals surface area contributed by atoms with E-state index >= 15 is 0 Å². The number of hydrogen-bond donors (Lipinski definition) is 1. The fourth-order valence-electron chi connectivity index (χ4n) is 2.74. The molecule has 1 unspecified atom stereocenters. The van der Waals surface area contributed by atoms with Crippen LogP contribution in [0, 0.1) is 0 Å². The maximum atomic E-state index is 5.23. The highest BCUT2D eigenvalue weighted by Crippen LogP contribution is 2.32. The predicted octanol–water partition coefficient (Wildman–Crippen LogP) is 3.36. The normalized spacial score (nSPS) is 16.1. The first-order chi connectivity index (χ1) is 9.80. The molecule has 0 amide bonds. The highest BCUT2D eigenvalue weighted by Gasteiger charge is 2.28. The molecule has 112 valence electrons. The molecule has 1 aliphatic carbocycles. The molecule has 2 rings (SSSR count). The molecule has 1 aromatic rings. The van der Waals surface area contributed by atoms with Crippen LogP contribution in [0.15, 0.2) is 24.3 Å². The van der Waals surface area contributed by atoms with Crippen molar-refractivity contribution in [2.75, 3.05) is 31.7 Å². The highest BCUT2D eigenvalue weighted by atomic mass is 16.5. The van der Waals surface area contributed by atoms with E-state index in [0.29, 0.717) is 6.04 Å². The summed E-state index contributed by atoms with van der Waals surface area (Å²) in [7, 11) is 1.77. The van der Waals surface area contributed by atoms with Crippen molar-refractivity contribution in [2.45, 2.75) is 45.2 Å². The van der Waals surface area contributed by atoms with E-state index in [-0.39, 0.29) is 0 Å². The molecular formula is C17H28N2O. The van der Waals surface area contributed by atoms with Gasteiger partial charge in [-0.05, 0) is 43.5 Å². The minimum absolute atomic E-state index is 0.474. The van der Waals surface area contributed by atoms with Gasteiger partial charge in [0, 0.05) is 31.4 Å². The van der Waals surface area contributed by atoms with Crippen LogP contribution in [0.1, 0.15) is 44.7 Å². The molecule has 3 nitrogen and oxygen atoms in total. The Hall–Kier alpha value is -1.06. The quantitative estimate of drug-likeness (QED) is 0.748. The maximum absolute atomic E-state index is 5.23. The Kier molecular flexibility index (Phi) is 5.86. The summed E-state index contributed by atoms with van der Waals surface area (Å²) < 4.78 is 5.23. The van der Waals surface area contributed by atoms with Crippen molar-refractivity contribution in [3.63, 3.8) is 0 Å². The van der Waals surface area contributed by atoms with Gasteiger partial charge in [0.1, 0.15) is 0 Å². The average molecular weight is 276 g/mol. The van der Waals surface area contributed by atoms with Gasteiger partial charge in [-0.15, -0.1) is 0 Å². The molecule has 1 aromatic carbocycles. The van der Waals surface area contributed by atoms with Gasteiger partial charge in [-0.25, -0.2) is 0 Å². The first-order valence-electron chi connectivity index (χ1n) is 7.89. The van der Waals surface area contributed by atoms with Gasteiger partial charge in [-0.3, -0.25) is 0 Å². The van der Waals surface area contributed by atoms with Crippen LogP contribution in [-0.2, 0) is 4.74 Å². The van der Waals surface area contributed by atoms with Crippen molar-refractivity contribution in [1.29, 1.82) is 0 Å². The SMILES string of the molecule is CCNC(CC)c1ccc(N(CCOC)C2CC2)cc1. The van der Waals surface area contributed by atoms with Gasteiger partial charge in [-0.2, -0.15) is 0 Å². The molecule has 20 heavy (non-hydrogen) atoms. The van der Waals surface area contributed by atoms with Crippen LogP contribution in [-0.4, -0.2) is 32.8 Å². The number of ether oxygens (including phenoxy) is 1. The van der Waals surface area contributed by atoms with E-state index in [1.165, 1.54) is 24.1 Å². The fraction of sp³-hybridized carbons (Fsp3) is 0.647. The van der Waals surface area contributed by atoms with Crippen molar-refractivity contribution >= 4 is 5.69 Å². The smallest absolute Gasteiger partial charge is 0.0637 e. The van der Waals surface area contributed by atoms with Gasteiger partial charge in [0.15, 0.2) is 0 Å². The van der Waals surface area contributed by atoms with Crippen molar-refractivity contribution in [3.05, 3.63) is 29.8 Å². The van der Waals surface area contributed by atoms with Gasteiger partial charge in [0.05, 0.1) is 6.61 Å². The molecule has 1 saturated carbocycles. The lowest BCUT2D eigenvalue weighted by Crippen LogP contribution is -2.29. The Balaban J connectivity index is 2.05. The van der Waals surface area contributed by atoms with E-state index in [1.54, 1.807) is 7.11 Å². The van der Waals surface area contributed by atoms with Gasteiger partial charge < -0.3 is 15.0 Å². The summed E-state index contributed by atoms with van der Waals surface area (Å²) in [6.07, 6.45) is 3.77. The number of benzene rings is 1. The molecule has 1 N–H and O–H groups in total. The third kappa shape index (κ3) is 3.97. The lowest BCUT2D eigenvalue weighted by atomic mass is 10.0. The van der Waals surface area contributed by atoms with E-state index < -0.39 is 0 Å². The monoisotopic (exact) mass is 276 g/mol. The third-order valence-electron chi connectivity index (χ3n) is 4.01. The first-order valence-corrected chi connectivity index (χ1v) is 7.89. The zero-order valence-electron chi connectivity index (χ0n) is 13.1. The van der Waals surface area contributed by atoms with E-state index in [0.717, 1.165) is 32.2 Å². The third-order valence-corrected chi connectivity index (χ3v) is 4.01. The van der Waals surface area contributed by atoms with E-state index in [2.05, 4.69) is 48.3 Å². The van der Waals surface area contributed by atoms with E-state index in [1.807, 2.05) is 0 Å². The Labute approximate surface area is 123 Å². The summed E-state index contributed by atoms with van der Waals surface area (Å²) in [6.45, 7) is 7.20. The number of nitrogens with one attached hydrogen (secondary N) is 1. The molecule has 0 spiro atoms. The van der Waals surface area contributed by atoms with Gasteiger partial charge in [0.25, 0.3) is 0 Å². The van der Waals surface area contributed by atoms with Crippen LogP contribution in [0.2, 0.25) is 0 Å². The molecule has 0 aromatic heterocycles. The number of nitrogens with zero attached hydrogens (tertiary/aromatic N) is 1. The number of rotatable bonds is 9. The zero-order valence-corrected chi connectivity index (χ0v) is 13.1. The van der Waals surface area contributed by atoms with Crippen LogP contribution >= 0.6 is 0 Å². The lowest BCUT2D eigenvalue weighted by Gasteiger charge is -2.25. The van der Waals surface area contributed by atoms with Gasteiger partial charge >= 0.3 is 0 Å². The molecule has 1 fully saturated rings. The maximum Gasteiger partial charge on any atom is 0.0637 e. The second kappa shape index (κ2) is 7.65. The predicted molar refractivity (Wildman–Crippen MR) is 85.4 cm³/mol. The Morgan fingerprint density at radius 3 is 2.45 bits per heavy atom. The first kappa shape index (κ1) is 15.3. The number of hydrogen-bond acceptors (Lipinski definition) is 3. The molecule has 1 atom stereocenters. The molecule has 0 heterocycles. The van der Waals surface area contributed by atoms with Crippen LogP contribution in [0.4, 0.5) is 5.69 Å². The Bertz CT molecular complexity index is 386. The van der Waals surface area contributed by atoms with Crippen molar-refractivity contribution in [3.8, 4) is 0 Å². The van der Waals surface area contributed by atoms with Crippen molar-refractivity contribution < 1.29 is 4.74 Å². The molecule has 0 radical (unpaired) electrons. The second-order valence-corrected chi connectivity index (χ2v) is 5.53. The number of anilines is 1. The highest BCUT2D eigenvalue weighted by molar-refractivity contribution is 5.50. The minimum Gasteiger partial charge on any atom is -0.383 e. The average Bonchev–Trinajstić information content (AvgIpc) is 3.31. The Morgan fingerprint density at radius 1 is 1.25 bits per heavy atom. The van der Waals surface area contributed by atoms with Crippen LogP contribution in [0.25, 0.3) is 0 Å². The minimum atomic E-state index is 0.474. The van der Waals surface area contributed by atoms with Crippen LogP contribution in [0.5, 0.6) is 0 Å². The number of methoxy groups -OCH3 is 1. The van der Waals surface area contributed by atoms with Gasteiger partial charge in [0.2, 0.25) is 0 Å². The Morgan fingerprint density at radius 2 is 1.95 bits per heavy atom. The lowest BCUT2D eigenvalue weighted by molar-refractivity contribution is 0.205. The van der Waals surface area contributed by atoms with Crippen LogP contribution < -0.4 is 10.2 Å². The second-order valence-electron chi connectivity index (χ2n) is 5.53. The molecule has 1 aliphatic rings. The summed E-state index contributed by atoms with van der Waals surface area (Å²) in [5.41, 5.74) is 2.72. The largest absolute Gasteiger partial charge is 0.383 e. The summed E-state index contributed by atoms with van der Waals surface area (Å²) >= 11 is 0. The molecular weight excluding hydrogens is 248 g/mol. The topological polar surface area (TPSA) is 24.5 Å². The molecule has 0 aliphatic heterocycles. The molecule has 0 saturated heterocycles. The fourth-order valence-corrected chi connectivity index (χ4v) is 2.74. The van der Waals surface area contributed by atoms with E-state index in [9.17, 15) is 0 Å². The standard InChI is InChI=1S/C17H28N2O/c1-4-17(18-5-2)14-6-8-15(9-7-14)19(12-13-20-3)16-10-11-16/h6-9,16-18H,4-5,10-13H2,1-3H3.